The van der Waals surface area contributed by atoms with E-state index in [4.69, 9.17) is 19.3 Å². The number of carbonyl (C=O) groups excluding carboxylic acids is 1. The first-order valence-electron chi connectivity index (χ1n) is 11.5. The van der Waals surface area contributed by atoms with E-state index in [-0.39, 0.29) is 83.4 Å². The monoisotopic (exact) mass is 514 g/mol. The number of ether oxygens (including phenoxy) is 3. The summed E-state index contributed by atoms with van der Waals surface area (Å²) in [5.41, 5.74) is 2.36. The van der Waals surface area contributed by atoms with Crippen LogP contribution in [0.5, 0.6) is 11.5 Å². The Balaban J connectivity index is -0.000000166. The molecule has 202 valence electrons. The molecule has 1 N–H and O–H groups in total. The average Bonchev–Trinajstić information content (AvgIpc) is 2.72. The van der Waals surface area contributed by atoms with Gasteiger partial charge in [-0.3, -0.25) is 4.79 Å². The minimum absolute atomic E-state index is 0. The van der Waals surface area contributed by atoms with E-state index in [1.54, 1.807) is 0 Å². The van der Waals surface area contributed by atoms with Gasteiger partial charge in [-0.05, 0) is 96.2 Å². The van der Waals surface area contributed by atoms with Crippen molar-refractivity contribution in [1.29, 1.82) is 0 Å². The van der Waals surface area contributed by atoms with Crippen molar-refractivity contribution in [3.05, 3.63) is 59.7 Å². The molecule has 2 aromatic rings. The minimum atomic E-state index is -0.146. The smallest absolute Gasteiger partial charge is 1.00 e. The standard InChI is InChI=1S/C15H22O3.C12H18O2.2CH4.Al.Li.4H/c1-11(2)17-14-8-5-13(6-9-14)7-10-15(16)18-12(3)4;1-10(2)14-12-7-5-11(6-8-12)4-3-9-13;;;;;;;;/h5-6,8-9,11-12H,7,10H2,1-4H3;5-8,10,13H,3-4,9H2,1-2H3;2*1H4;;;;;;/q;;;;;+1;;;;-1. The van der Waals surface area contributed by atoms with Crippen molar-refractivity contribution in [3.63, 3.8) is 0 Å². The Morgan fingerprint density at radius 3 is 1.47 bits per heavy atom. The molecule has 2 aromatic carbocycles. The number of aliphatic hydroxyl groups excluding tert-OH is 1. The van der Waals surface area contributed by atoms with Crippen LogP contribution in [-0.2, 0) is 22.4 Å². The summed E-state index contributed by atoms with van der Waals surface area (Å²) in [6, 6.07) is 15.9. The van der Waals surface area contributed by atoms with Gasteiger partial charge in [-0.2, -0.15) is 0 Å². The first-order chi connectivity index (χ1) is 15.2. The number of aliphatic hydroxyl groups is 1. The van der Waals surface area contributed by atoms with E-state index in [2.05, 4.69) is 0 Å². The number of hydrogen-bond acceptors (Lipinski definition) is 5. The van der Waals surface area contributed by atoms with Crippen molar-refractivity contribution in [2.45, 2.75) is 100 Å². The fourth-order valence-electron chi connectivity index (χ4n) is 2.87. The number of benzene rings is 2. The maximum atomic E-state index is 11.4. The van der Waals surface area contributed by atoms with Crippen molar-refractivity contribution in [1.82, 2.24) is 0 Å². The third-order valence-corrected chi connectivity index (χ3v) is 4.20. The van der Waals surface area contributed by atoms with E-state index in [1.807, 2.05) is 90.1 Å². The molecule has 0 bridgehead atoms. The molecule has 0 aliphatic carbocycles. The number of hydrogen-bond donors (Lipinski definition) is 1. The molecule has 0 fully saturated rings. The fourth-order valence-corrected chi connectivity index (χ4v) is 2.87. The predicted octanol–water partition coefficient (Wildman–Crippen LogP) is 2.96. The van der Waals surface area contributed by atoms with Crippen LogP contribution in [0.2, 0.25) is 0 Å². The van der Waals surface area contributed by atoms with Crippen LogP contribution in [-0.4, -0.2) is 53.4 Å². The van der Waals surface area contributed by atoms with Crippen LogP contribution in [0.4, 0.5) is 0 Å². The molecule has 0 amide bonds. The van der Waals surface area contributed by atoms with Gasteiger partial charge in [0.25, 0.3) is 0 Å². The van der Waals surface area contributed by atoms with Gasteiger partial charge >= 0.3 is 24.8 Å². The van der Waals surface area contributed by atoms with E-state index in [0.29, 0.717) is 12.8 Å². The third kappa shape index (κ3) is 20.8. The summed E-state index contributed by atoms with van der Waals surface area (Å²) in [4.78, 5) is 11.4. The van der Waals surface area contributed by atoms with E-state index in [1.165, 1.54) is 5.56 Å². The number of aryl methyl sites for hydroxylation is 2. The van der Waals surface area contributed by atoms with Gasteiger partial charge in [-0.25, -0.2) is 0 Å². The van der Waals surface area contributed by atoms with Gasteiger partial charge in [0.15, 0.2) is 17.4 Å². The molecule has 0 radical (unpaired) electrons. The Morgan fingerprint density at radius 2 is 1.14 bits per heavy atom. The van der Waals surface area contributed by atoms with Gasteiger partial charge in [-0.1, -0.05) is 39.1 Å². The maximum Gasteiger partial charge on any atom is 1.00 e. The Kier molecular flexibility index (Phi) is 27.8. The molecule has 5 nitrogen and oxygen atoms in total. The molecule has 7 heteroatoms. The number of carbonyl (C=O) groups is 1. The van der Waals surface area contributed by atoms with Crippen LogP contribution in [0.3, 0.4) is 0 Å². The molecular weight excluding hydrogens is 462 g/mol. The molecule has 0 aliphatic heterocycles. The zero-order chi connectivity index (χ0) is 23.9. The molecule has 0 atom stereocenters. The second-order valence-corrected chi connectivity index (χ2v) is 8.49. The van der Waals surface area contributed by atoms with Crippen LogP contribution in [0.1, 0.15) is 81.8 Å². The summed E-state index contributed by atoms with van der Waals surface area (Å²) in [5.74, 6) is 1.62. The van der Waals surface area contributed by atoms with E-state index < -0.39 is 0 Å². The summed E-state index contributed by atoms with van der Waals surface area (Å²) in [6.07, 6.45) is 3.23. The number of esters is 1. The molecule has 0 spiro atoms. The van der Waals surface area contributed by atoms with E-state index in [9.17, 15) is 4.79 Å². The predicted molar refractivity (Wildman–Crippen MR) is 154 cm³/mol. The molecule has 36 heavy (non-hydrogen) atoms. The second kappa shape index (κ2) is 24.0. The van der Waals surface area contributed by atoms with Crippen LogP contribution in [0, 0.1) is 0 Å². The second-order valence-electron chi connectivity index (χ2n) is 8.49. The molecule has 0 saturated carbocycles. The Hall–Kier alpha value is -1.40. The molecular formula is C29H52AlLiO5. The summed E-state index contributed by atoms with van der Waals surface area (Å²) in [7, 11) is 0. The summed E-state index contributed by atoms with van der Waals surface area (Å²) >= 11 is 0. The van der Waals surface area contributed by atoms with E-state index in [0.717, 1.165) is 29.9 Å². The minimum Gasteiger partial charge on any atom is -1.00 e. The Morgan fingerprint density at radius 1 is 0.750 bits per heavy atom. The molecule has 0 saturated heterocycles. The third-order valence-electron chi connectivity index (χ3n) is 4.20. The first-order valence-corrected chi connectivity index (χ1v) is 11.5. The van der Waals surface area contributed by atoms with Crippen molar-refractivity contribution < 1.29 is 44.4 Å². The first kappa shape index (κ1) is 41.7. The van der Waals surface area contributed by atoms with Crippen molar-refractivity contribution in [2.75, 3.05) is 6.61 Å². The molecule has 0 heterocycles. The van der Waals surface area contributed by atoms with Crippen molar-refractivity contribution in [3.8, 4) is 11.5 Å². The zero-order valence-electron chi connectivity index (χ0n) is 22.5. The quantitative estimate of drug-likeness (QED) is 0.369. The average molecular weight is 515 g/mol. The molecule has 0 aromatic heterocycles. The van der Waals surface area contributed by atoms with Gasteiger partial charge < -0.3 is 20.7 Å². The Bertz CT molecular complexity index is 769. The number of rotatable bonds is 11. The van der Waals surface area contributed by atoms with Gasteiger partial charge in [0.1, 0.15) is 11.5 Å². The summed E-state index contributed by atoms with van der Waals surface area (Å²) < 4.78 is 16.2. The van der Waals surface area contributed by atoms with Crippen LogP contribution in [0.25, 0.3) is 0 Å². The van der Waals surface area contributed by atoms with Crippen molar-refractivity contribution in [2.24, 2.45) is 0 Å². The molecule has 0 aliphatic rings. The van der Waals surface area contributed by atoms with Gasteiger partial charge in [0, 0.05) is 13.0 Å². The normalized spacial score (nSPS) is 9.50. The largest absolute Gasteiger partial charge is 1.00 e. The van der Waals surface area contributed by atoms with Crippen LogP contribution >= 0.6 is 0 Å². The topological polar surface area (TPSA) is 65.0 Å². The SMILES string of the molecule is C.C.CC(C)OC(=O)CCc1ccc(OC(C)C)cc1.CC(C)Oc1ccc(CCCO)cc1.[AlH3].[H-].[Li+]. The van der Waals surface area contributed by atoms with Gasteiger partial charge in [0.05, 0.1) is 18.3 Å². The van der Waals surface area contributed by atoms with Crippen LogP contribution < -0.4 is 28.3 Å². The van der Waals surface area contributed by atoms with E-state index >= 15 is 0 Å². The molecule has 2 rings (SSSR count). The van der Waals surface area contributed by atoms with Crippen LogP contribution in [0.15, 0.2) is 48.5 Å². The van der Waals surface area contributed by atoms with Gasteiger partial charge in [-0.15, -0.1) is 0 Å². The Labute approximate surface area is 245 Å². The molecule has 0 unspecified atom stereocenters. The van der Waals surface area contributed by atoms with Gasteiger partial charge in [0.2, 0.25) is 0 Å². The van der Waals surface area contributed by atoms with Crippen molar-refractivity contribution >= 4 is 23.3 Å². The fraction of sp³-hybridized carbons (Fsp3) is 0.552. The zero-order valence-corrected chi connectivity index (χ0v) is 21.5. The summed E-state index contributed by atoms with van der Waals surface area (Å²) in [6.45, 7) is 12.0. The summed E-state index contributed by atoms with van der Waals surface area (Å²) in [5, 5.41) is 8.68. The maximum absolute atomic E-state index is 11.4.